The molecule has 1 aliphatic heterocycles. The fourth-order valence-corrected chi connectivity index (χ4v) is 5.03. The second-order valence-electron chi connectivity index (χ2n) is 9.71. The second-order valence-corrected chi connectivity index (χ2v) is 9.71. The fourth-order valence-electron chi connectivity index (χ4n) is 5.03. The highest BCUT2D eigenvalue weighted by atomic mass is 19.3. The van der Waals surface area contributed by atoms with Gasteiger partial charge in [0.15, 0.2) is 11.5 Å². The number of fused-ring (bicyclic) bond motifs is 2. The van der Waals surface area contributed by atoms with Crippen LogP contribution in [-0.2, 0) is 6.54 Å². The highest BCUT2D eigenvalue weighted by molar-refractivity contribution is 5.95. The van der Waals surface area contributed by atoms with E-state index in [1.54, 1.807) is 41.7 Å². The lowest BCUT2D eigenvalue weighted by Gasteiger charge is -2.15. The van der Waals surface area contributed by atoms with E-state index in [0.29, 0.717) is 52.6 Å². The van der Waals surface area contributed by atoms with Gasteiger partial charge in [-0.2, -0.15) is 5.10 Å². The molecule has 0 atom stereocenters. The number of rotatable bonds is 5. The molecule has 0 spiro atoms. The Labute approximate surface area is 220 Å². The van der Waals surface area contributed by atoms with Gasteiger partial charge in [-0.15, -0.1) is 0 Å². The predicted octanol–water partition coefficient (Wildman–Crippen LogP) is 5.61. The molecule has 1 saturated heterocycles. The number of nitrogens with zero attached hydrogens (tertiary/aromatic N) is 6. The number of halogens is 3. The number of alkyl halides is 2. The number of benzene rings is 1. The van der Waals surface area contributed by atoms with Crippen molar-refractivity contribution in [3.63, 3.8) is 0 Å². The van der Waals surface area contributed by atoms with Crippen molar-refractivity contribution in [3.05, 3.63) is 78.5 Å². The summed E-state index contributed by atoms with van der Waals surface area (Å²) in [5.74, 6) is -2.50. The van der Waals surface area contributed by atoms with E-state index in [0.717, 1.165) is 22.2 Å². The number of likely N-dealkylation sites (tertiary alicyclic amines) is 1. The first-order valence-electron chi connectivity index (χ1n) is 12.4. The Morgan fingerprint density at radius 3 is 2.67 bits per heavy atom. The summed E-state index contributed by atoms with van der Waals surface area (Å²) in [7, 11) is 0. The molecule has 6 aromatic rings. The predicted molar refractivity (Wildman–Crippen MR) is 140 cm³/mol. The fraction of sp³-hybridized carbons (Fsp3) is 0.179. The van der Waals surface area contributed by atoms with Crippen LogP contribution in [0.5, 0.6) is 0 Å². The van der Waals surface area contributed by atoms with Crippen LogP contribution in [0.15, 0.2) is 67.1 Å². The first kappa shape index (κ1) is 23.5. The Morgan fingerprint density at radius 1 is 0.923 bits per heavy atom. The van der Waals surface area contributed by atoms with E-state index in [9.17, 15) is 13.2 Å². The molecule has 6 heterocycles. The molecule has 0 amide bonds. The summed E-state index contributed by atoms with van der Waals surface area (Å²) in [5.41, 5.74) is 6.64. The van der Waals surface area contributed by atoms with E-state index >= 15 is 0 Å². The summed E-state index contributed by atoms with van der Waals surface area (Å²) in [4.78, 5) is 23.4. The highest BCUT2D eigenvalue weighted by Crippen LogP contribution is 2.32. The number of nitrogens with one attached hydrogen (secondary N) is 2. The van der Waals surface area contributed by atoms with Crippen molar-refractivity contribution in [2.45, 2.75) is 18.9 Å². The first-order chi connectivity index (χ1) is 18.9. The zero-order chi connectivity index (χ0) is 26.6. The highest BCUT2D eigenvalue weighted by Gasteiger charge is 2.37. The molecule has 11 heteroatoms. The lowest BCUT2D eigenvalue weighted by atomic mass is 10.1. The average Bonchev–Trinajstić information content (AvgIpc) is 3.64. The van der Waals surface area contributed by atoms with Gasteiger partial charge in [-0.1, -0.05) is 12.1 Å². The number of aromatic amines is 2. The topological polar surface area (TPSA) is 99.3 Å². The number of hydrogen-bond acceptors (Lipinski definition) is 6. The lowest BCUT2D eigenvalue weighted by Crippen LogP contribution is -2.24. The summed E-state index contributed by atoms with van der Waals surface area (Å²) in [5, 5.41) is 7.46. The van der Waals surface area contributed by atoms with Crippen molar-refractivity contribution in [2.24, 2.45) is 0 Å². The van der Waals surface area contributed by atoms with Gasteiger partial charge in [0.1, 0.15) is 16.9 Å². The number of H-pyrrole nitrogens is 2. The summed E-state index contributed by atoms with van der Waals surface area (Å²) in [6, 6.07) is 13.7. The summed E-state index contributed by atoms with van der Waals surface area (Å²) in [6.07, 6.45) is 4.92. The third kappa shape index (κ3) is 4.40. The molecule has 194 valence electrons. The standard InChI is InChI=1S/C28H21F3N8/c29-19-3-1-2-17(11-19)23-24-21(6-8-33-23)35-27(36-24)26-25-22(37-38-26)5-4-20(34-25)18-10-16(12-32-13-18)14-39-9-7-28(30,31)15-39/h1-6,8,10-13H,7,9,14-15H2,(H,35,36)(H,37,38). The van der Waals surface area contributed by atoms with Crippen molar-refractivity contribution in [1.29, 1.82) is 0 Å². The van der Waals surface area contributed by atoms with E-state index in [2.05, 4.69) is 25.1 Å². The van der Waals surface area contributed by atoms with Crippen molar-refractivity contribution in [1.82, 2.24) is 40.0 Å². The molecule has 1 aliphatic rings. The van der Waals surface area contributed by atoms with Gasteiger partial charge < -0.3 is 4.98 Å². The smallest absolute Gasteiger partial charge is 0.261 e. The molecule has 5 aromatic heterocycles. The number of imidazole rings is 1. The van der Waals surface area contributed by atoms with Crippen LogP contribution in [0.25, 0.3) is 56.1 Å². The Balaban J connectivity index is 1.25. The Kier molecular flexibility index (Phi) is 5.41. The van der Waals surface area contributed by atoms with E-state index < -0.39 is 5.92 Å². The monoisotopic (exact) mass is 526 g/mol. The molecule has 8 nitrogen and oxygen atoms in total. The van der Waals surface area contributed by atoms with Gasteiger partial charge in [-0.05, 0) is 42.0 Å². The minimum atomic E-state index is -2.64. The molecule has 7 rings (SSSR count). The molecule has 0 saturated carbocycles. The SMILES string of the molecule is Fc1cccc(-c2nccc3[nH]c(-c4n[nH]c5ccc(-c6cncc(CN7CCC(F)(F)C7)c6)nc45)nc23)c1. The van der Waals surface area contributed by atoms with Crippen LogP contribution in [-0.4, -0.2) is 59.0 Å². The van der Waals surface area contributed by atoms with Gasteiger partial charge in [-0.25, -0.2) is 23.1 Å². The number of pyridine rings is 3. The zero-order valence-electron chi connectivity index (χ0n) is 20.5. The van der Waals surface area contributed by atoms with Crippen molar-refractivity contribution in [3.8, 4) is 34.0 Å². The third-order valence-electron chi connectivity index (χ3n) is 6.88. The molecule has 2 N–H and O–H groups in total. The van der Waals surface area contributed by atoms with Gasteiger partial charge in [0.25, 0.3) is 5.92 Å². The van der Waals surface area contributed by atoms with Crippen molar-refractivity contribution >= 4 is 22.1 Å². The first-order valence-corrected chi connectivity index (χ1v) is 12.4. The Bertz CT molecular complexity index is 1840. The molecule has 0 radical (unpaired) electrons. The maximum absolute atomic E-state index is 13.9. The van der Waals surface area contributed by atoms with Gasteiger partial charge in [0, 0.05) is 49.2 Å². The molecule has 0 aliphatic carbocycles. The number of hydrogen-bond donors (Lipinski definition) is 2. The summed E-state index contributed by atoms with van der Waals surface area (Å²) < 4.78 is 41.1. The van der Waals surface area contributed by atoms with E-state index in [-0.39, 0.29) is 18.8 Å². The van der Waals surface area contributed by atoms with E-state index in [1.165, 1.54) is 12.1 Å². The van der Waals surface area contributed by atoms with Gasteiger partial charge in [0.05, 0.1) is 29.0 Å². The van der Waals surface area contributed by atoms with Crippen LogP contribution >= 0.6 is 0 Å². The zero-order valence-corrected chi connectivity index (χ0v) is 20.5. The maximum Gasteiger partial charge on any atom is 0.261 e. The Hall–Kier alpha value is -4.64. The maximum atomic E-state index is 13.9. The molecule has 1 fully saturated rings. The third-order valence-corrected chi connectivity index (χ3v) is 6.88. The average molecular weight is 527 g/mol. The van der Waals surface area contributed by atoms with E-state index in [1.807, 2.05) is 18.2 Å². The summed E-state index contributed by atoms with van der Waals surface area (Å²) >= 11 is 0. The quantitative estimate of drug-likeness (QED) is 0.303. The van der Waals surface area contributed by atoms with Crippen LogP contribution in [0.2, 0.25) is 0 Å². The van der Waals surface area contributed by atoms with Crippen molar-refractivity contribution in [2.75, 3.05) is 13.1 Å². The molecule has 39 heavy (non-hydrogen) atoms. The Morgan fingerprint density at radius 2 is 1.82 bits per heavy atom. The van der Waals surface area contributed by atoms with Crippen LogP contribution in [0.4, 0.5) is 13.2 Å². The van der Waals surface area contributed by atoms with Gasteiger partial charge >= 0.3 is 0 Å². The largest absolute Gasteiger partial charge is 0.336 e. The van der Waals surface area contributed by atoms with Crippen LogP contribution in [0.1, 0.15) is 12.0 Å². The normalized spacial score (nSPS) is 15.5. The minimum absolute atomic E-state index is 0.122. The molecular formula is C28H21F3N8. The van der Waals surface area contributed by atoms with Gasteiger partial charge in [0.2, 0.25) is 0 Å². The van der Waals surface area contributed by atoms with Crippen LogP contribution in [0.3, 0.4) is 0 Å². The van der Waals surface area contributed by atoms with Crippen molar-refractivity contribution < 1.29 is 13.2 Å². The second kappa shape index (κ2) is 8.98. The molecule has 0 unspecified atom stereocenters. The van der Waals surface area contributed by atoms with E-state index in [4.69, 9.17) is 9.97 Å². The lowest BCUT2D eigenvalue weighted by molar-refractivity contribution is 0.0115. The minimum Gasteiger partial charge on any atom is -0.336 e. The number of aromatic nitrogens is 7. The van der Waals surface area contributed by atoms with Crippen LogP contribution < -0.4 is 0 Å². The molecular weight excluding hydrogens is 505 g/mol. The summed E-state index contributed by atoms with van der Waals surface area (Å²) in [6.45, 7) is 0.512. The molecule has 0 bridgehead atoms. The van der Waals surface area contributed by atoms with Crippen LogP contribution in [0, 0.1) is 5.82 Å². The molecule has 1 aromatic carbocycles. The van der Waals surface area contributed by atoms with Gasteiger partial charge in [-0.3, -0.25) is 20.0 Å².